The Morgan fingerprint density at radius 2 is 1.83 bits per heavy atom. The topological polar surface area (TPSA) is 96.9 Å². The molecule has 0 spiro atoms. The Balaban J connectivity index is 1.64. The van der Waals surface area contributed by atoms with E-state index in [4.69, 9.17) is 4.74 Å². The van der Waals surface area contributed by atoms with E-state index in [1.807, 2.05) is 30.3 Å². The average Bonchev–Trinajstić information content (AvgIpc) is 2.68. The predicted octanol–water partition coefficient (Wildman–Crippen LogP) is 3.50. The summed E-state index contributed by atoms with van der Waals surface area (Å²) < 4.78 is 5.14. The van der Waals surface area contributed by atoms with E-state index >= 15 is 0 Å². The van der Waals surface area contributed by atoms with Crippen molar-refractivity contribution in [1.29, 1.82) is 0 Å². The lowest BCUT2D eigenvalue weighted by molar-refractivity contribution is -0.123. The highest BCUT2D eigenvalue weighted by molar-refractivity contribution is 8.15. The minimum absolute atomic E-state index is 0.0586. The zero-order valence-corrected chi connectivity index (χ0v) is 16.9. The SMILES string of the molecule is CC(C)OC(=O)c1ccc(NC(=O)C2CC(=O)NC(=Nc3ccccc3)S2)cc1. The number of carbonyl (C=O) groups is 3. The number of nitrogens with zero attached hydrogens (tertiary/aromatic N) is 1. The van der Waals surface area contributed by atoms with E-state index in [9.17, 15) is 14.4 Å². The number of hydrogen-bond donors (Lipinski definition) is 2. The molecule has 1 aliphatic rings. The van der Waals surface area contributed by atoms with Gasteiger partial charge in [-0.25, -0.2) is 9.79 Å². The van der Waals surface area contributed by atoms with E-state index in [-0.39, 0.29) is 24.3 Å². The van der Waals surface area contributed by atoms with Crippen LogP contribution in [0.1, 0.15) is 30.6 Å². The minimum atomic E-state index is -0.600. The lowest BCUT2D eigenvalue weighted by Gasteiger charge is -2.22. The van der Waals surface area contributed by atoms with E-state index < -0.39 is 11.2 Å². The van der Waals surface area contributed by atoms with E-state index in [1.165, 1.54) is 11.8 Å². The molecule has 0 saturated carbocycles. The molecule has 0 aliphatic carbocycles. The van der Waals surface area contributed by atoms with Gasteiger partial charge in [0, 0.05) is 12.1 Å². The van der Waals surface area contributed by atoms with Crippen LogP contribution in [0.15, 0.2) is 59.6 Å². The number of anilines is 1. The molecule has 1 fully saturated rings. The average molecular weight is 411 g/mol. The van der Waals surface area contributed by atoms with Crippen LogP contribution in [0.25, 0.3) is 0 Å². The third kappa shape index (κ3) is 5.92. The fraction of sp³-hybridized carbons (Fsp3) is 0.238. The quantitative estimate of drug-likeness (QED) is 0.734. The number of para-hydroxylation sites is 1. The molecular weight excluding hydrogens is 390 g/mol. The third-order valence-electron chi connectivity index (χ3n) is 3.88. The molecule has 2 amide bonds. The van der Waals surface area contributed by atoms with E-state index in [1.54, 1.807) is 38.1 Å². The Kier molecular flexibility index (Phi) is 6.66. The first-order chi connectivity index (χ1) is 13.9. The summed E-state index contributed by atoms with van der Waals surface area (Å²) in [6.07, 6.45) is -0.147. The van der Waals surface area contributed by atoms with Crippen LogP contribution in [0.2, 0.25) is 0 Å². The van der Waals surface area contributed by atoms with Gasteiger partial charge in [-0.15, -0.1) is 0 Å². The molecular formula is C21H21N3O4S. The van der Waals surface area contributed by atoms with Gasteiger partial charge in [0.05, 0.1) is 17.4 Å². The summed E-state index contributed by atoms with van der Waals surface area (Å²) in [6.45, 7) is 3.56. The smallest absolute Gasteiger partial charge is 0.338 e. The summed E-state index contributed by atoms with van der Waals surface area (Å²) in [5.41, 5.74) is 1.63. The molecule has 1 atom stereocenters. The van der Waals surface area contributed by atoms with Crippen molar-refractivity contribution in [1.82, 2.24) is 5.32 Å². The molecule has 1 saturated heterocycles. The van der Waals surface area contributed by atoms with Gasteiger partial charge < -0.3 is 15.4 Å². The molecule has 0 radical (unpaired) electrons. The first kappa shape index (κ1) is 20.6. The number of amidine groups is 1. The maximum atomic E-state index is 12.6. The van der Waals surface area contributed by atoms with Gasteiger partial charge in [0.15, 0.2) is 5.17 Å². The summed E-state index contributed by atoms with van der Waals surface area (Å²) in [5.74, 6) is -0.979. The number of carbonyl (C=O) groups excluding carboxylic acids is 3. The van der Waals surface area contributed by atoms with Crippen molar-refractivity contribution in [3.8, 4) is 0 Å². The van der Waals surface area contributed by atoms with E-state index in [0.717, 1.165) is 0 Å². The number of aliphatic imine (C=N–C) groups is 1. The standard InChI is InChI=1S/C21H21N3O4S/c1-13(2)28-20(27)14-8-10-16(11-9-14)22-19(26)17-12-18(25)24-21(29-17)23-15-6-4-3-5-7-15/h3-11,13,17H,12H2,1-2H3,(H,22,26)(H,23,24,25). The Bertz CT molecular complexity index is 927. The first-order valence-corrected chi connectivity index (χ1v) is 10.0. The van der Waals surface area contributed by atoms with E-state index in [0.29, 0.717) is 22.1 Å². The maximum absolute atomic E-state index is 12.6. The fourth-order valence-electron chi connectivity index (χ4n) is 2.56. The van der Waals surface area contributed by atoms with Gasteiger partial charge in [-0.1, -0.05) is 30.0 Å². The van der Waals surface area contributed by atoms with Gasteiger partial charge in [-0.3, -0.25) is 9.59 Å². The predicted molar refractivity (Wildman–Crippen MR) is 113 cm³/mol. The molecule has 1 aliphatic heterocycles. The molecule has 2 aromatic rings. The highest BCUT2D eigenvalue weighted by atomic mass is 32.2. The van der Waals surface area contributed by atoms with Gasteiger partial charge in [-0.2, -0.15) is 0 Å². The molecule has 8 heteroatoms. The second-order valence-corrected chi connectivity index (χ2v) is 7.82. The van der Waals surface area contributed by atoms with Gasteiger partial charge in [0.25, 0.3) is 0 Å². The van der Waals surface area contributed by atoms with Crippen molar-refractivity contribution < 1.29 is 19.1 Å². The zero-order chi connectivity index (χ0) is 20.8. The summed E-state index contributed by atoms with van der Waals surface area (Å²) in [6, 6.07) is 15.6. The fourth-order valence-corrected chi connectivity index (χ4v) is 3.56. The Morgan fingerprint density at radius 3 is 2.48 bits per heavy atom. The van der Waals surface area contributed by atoms with Gasteiger partial charge in [-0.05, 0) is 50.2 Å². The monoisotopic (exact) mass is 411 g/mol. The van der Waals surface area contributed by atoms with Crippen LogP contribution in [0.4, 0.5) is 11.4 Å². The second-order valence-electron chi connectivity index (χ2n) is 6.63. The minimum Gasteiger partial charge on any atom is -0.459 e. The van der Waals surface area contributed by atoms with Crippen LogP contribution < -0.4 is 10.6 Å². The Morgan fingerprint density at radius 1 is 1.14 bits per heavy atom. The van der Waals surface area contributed by atoms with Crippen molar-refractivity contribution in [2.45, 2.75) is 31.6 Å². The highest BCUT2D eigenvalue weighted by Crippen LogP contribution is 2.25. The largest absolute Gasteiger partial charge is 0.459 e. The van der Waals surface area contributed by atoms with E-state index in [2.05, 4.69) is 15.6 Å². The van der Waals surface area contributed by atoms with Gasteiger partial charge >= 0.3 is 5.97 Å². The third-order valence-corrected chi connectivity index (χ3v) is 4.96. The summed E-state index contributed by atoms with van der Waals surface area (Å²) in [4.78, 5) is 40.9. The van der Waals surface area contributed by atoms with Crippen molar-refractivity contribution in [3.63, 3.8) is 0 Å². The van der Waals surface area contributed by atoms with Crippen LogP contribution in [0.5, 0.6) is 0 Å². The van der Waals surface area contributed by atoms with Crippen LogP contribution >= 0.6 is 11.8 Å². The van der Waals surface area contributed by atoms with Crippen LogP contribution in [0, 0.1) is 0 Å². The Labute approximate surface area is 172 Å². The van der Waals surface area contributed by atoms with Crippen molar-refractivity contribution in [2.24, 2.45) is 4.99 Å². The van der Waals surface area contributed by atoms with Crippen LogP contribution in [0.3, 0.4) is 0 Å². The molecule has 29 heavy (non-hydrogen) atoms. The number of rotatable bonds is 5. The summed E-state index contributed by atoms with van der Waals surface area (Å²) >= 11 is 1.20. The van der Waals surface area contributed by atoms with Crippen molar-refractivity contribution in [2.75, 3.05) is 5.32 Å². The normalized spacial score (nSPS) is 17.7. The molecule has 0 aromatic heterocycles. The number of nitrogens with one attached hydrogen (secondary N) is 2. The summed E-state index contributed by atoms with van der Waals surface area (Å²) in [7, 11) is 0. The number of esters is 1. The molecule has 150 valence electrons. The highest BCUT2D eigenvalue weighted by Gasteiger charge is 2.30. The molecule has 0 bridgehead atoms. The molecule has 2 aromatic carbocycles. The number of amides is 2. The number of benzene rings is 2. The lowest BCUT2D eigenvalue weighted by Crippen LogP contribution is -2.41. The lowest BCUT2D eigenvalue weighted by atomic mass is 10.2. The molecule has 1 unspecified atom stereocenters. The zero-order valence-electron chi connectivity index (χ0n) is 16.0. The number of ether oxygens (including phenoxy) is 1. The maximum Gasteiger partial charge on any atom is 0.338 e. The molecule has 2 N–H and O–H groups in total. The number of hydrogen-bond acceptors (Lipinski definition) is 6. The van der Waals surface area contributed by atoms with Gasteiger partial charge in [0.2, 0.25) is 11.8 Å². The first-order valence-electron chi connectivity index (χ1n) is 9.13. The second kappa shape index (κ2) is 9.38. The molecule has 1 heterocycles. The van der Waals surface area contributed by atoms with Crippen LogP contribution in [-0.4, -0.2) is 34.3 Å². The number of thioether (sulfide) groups is 1. The van der Waals surface area contributed by atoms with Crippen molar-refractivity contribution in [3.05, 3.63) is 60.2 Å². The van der Waals surface area contributed by atoms with Crippen LogP contribution in [-0.2, 0) is 14.3 Å². The van der Waals surface area contributed by atoms with Crippen molar-refractivity contribution >= 4 is 46.1 Å². The molecule has 7 nitrogen and oxygen atoms in total. The molecule has 3 rings (SSSR count). The summed E-state index contributed by atoms with van der Waals surface area (Å²) in [5, 5.41) is 5.26. The van der Waals surface area contributed by atoms with Gasteiger partial charge in [0.1, 0.15) is 5.25 Å². The Hall–Kier alpha value is -3.13.